The van der Waals surface area contributed by atoms with E-state index in [1.54, 1.807) is 4.90 Å². The van der Waals surface area contributed by atoms with E-state index in [1.807, 2.05) is 0 Å². The monoisotopic (exact) mass is 173 g/mol. The molecule has 70 valence electrons. The van der Waals surface area contributed by atoms with Gasteiger partial charge in [0.05, 0.1) is 6.61 Å². The topological polar surface area (TPSA) is 49.8 Å². The van der Waals surface area contributed by atoms with Crippen LogP contribution in [0, 0.1) is 0 Å². The van der Waals surface area contributed by atoms with Crippen LogP contribution < -0.4 is 0 Å². The van der Waals surface area contributed by atoms with E-state index in [4.69, 9.17) is 9.84 Å². The minimum atomic E-state index is -0.0194. The zero-order chi connectivity index (χ0) is 8.97. The van der Waals surface area contributed by atoms with Crippen molar-refractivity contribution in [3.63, 3.8) is 0 Å². The predicted molar refractivity (Wildman–Crippen MR) is 43.7 cm³/mol. The van der Waals surface area contributed by atoms with Gasteiger partial charge < -0.3 is 14.7 Å². The van der Waals surface area contributed by atoms with E-state index in [-0.39, 0.29) is 19.1 Å². The van der Waals surface area contributed by atoms with Gasteiger partial charge in [-0.25, -0.2) is 0 Å². The van der Waals surface area contributed by atoms with Crippen molar-refractivity contribution in [1.82, 2.24) is 4.90 Å². The van der Waals surface area contributed by atoms with Crippen molar-refractivity contribution >= 4 is 5.91 Å². The number of amides is 1. The minimum absolute atomic E-state index is 0.0194. The van der Waals surface area contributed by atoms with Gasteiger partial charge in [-0.15, -0.1) is 0 Å². The predicted octanol–water partition coefficient (Wildman–Crippen LogP) is -0.384. The van der Waals surface area contributed by atoms with Crippen LogP contribution in [0.15, 0.2) is 0 Å². The molecule has 0 saturated heterocycles. The smallest absolute Gasteiger partial charge is 0.248 e. The summed E-state index contributed by atoms with van der Waals surface area (Å²) in [5.41, 5.74) is 0. The minimum Gasteiger partial charge on any atom is -0.395 e. The fraction of sp³-hybridized carbons (Fsp3) is 0.875. The first-order chi connectivity index (χ1) is 5.79. The van der Waals surface area contributed by atoms with Crippen LogP contribution in [0.25, 0.3) is 0 Å². The maximum Gasteiger partial charge on any atom is 0.248 e. The van der Waals surface area contributed by atoms with Gasteiger partial charge in [0.2, 0.25) is 5.91 Å². The molecule has 1 aliphatic rings. The van der Waals surface area contributed by atoms with Crippen LogP contribution in [0.3, 0.4) is 0 Å². The van der Waals surface area contributed by atoms with E-state index in [1.165, 1.54) is 7.11 Å². The molecule has 1 fully saturated rings. The third-order valence-corrected chi connectivity index (χ3v) is 1.92. The molecule has 0 aromatic heterocycles. The van der Waals surface area contributed by atoms with E-state index < -0.39 is 0 Å². The Morgan fingerprint density at radius 2 is 2.33 bits per heavy atom. The third kappa shape index (κ3) is 2.46. The molecular formula is C8H15NO3. The third-order valence-electron chi connectivity index (χ3n) is 1.92. The Morgan fingerprint density at radius 3 is 2.75 bits per heavy atom. The number of hydrogen-bond acceptors (Lipinski definition) is 3. The van der Waals surface area contributed by atoms with Crippen molar-refractivity contribution in [1.29, 1.82) is 0 Å². The molecule has 0 heterocycles. The zero-order valence-electron chi connectivity index (χ0n) is 7.32. The lowest BCUT2D eigenvalue weighted by Gasteiger charge is -2.20. The van der Waals surface area contributed by atoms with E-state index >= 15 is 0 Å². The second-order valence-electron chi connectivity index (χ2n) is 2.97. The molecule has 1 amide bonds. The number of aliphatic hydroxyl groups excluding tert-OH is 1. The Morgan fingerprint density at radius 1 is 1.67 bits per heavy atom. The van der Waals surface area contributed by atoms with Gasteiger partial charge >= 0.3 is 0 Å². The van der Waals surface area contributed by atoms with Crippen LogP contribution in [-0.2, 0) is 9.53 Å². The van der Waals surface area contributed by atoms with Crippen LogP contribution in [0.2, 0.25) is 0 Å². The normalized spacial score (nSPS) is 16.2. The number of methoxy groups -OCH3 is 1. The Bertz CT molecular complexity index is 156. The van der Waals surface area contributed by atoms with Gasteiger partial charge in [-0.05, 0) is 12.8 Å². The van der Waals surface area contributed by atoms with Crippen molar-refractivity contribution in [3.8, 4) is 0 Å². The van der Waals surface area contributed by atoms with Crippen molar-refractivity contribution < 1.29 is 14.6 Å². The van der Waals surface area contributed by atoms with Gasteiger partial charge in [-0.2, -0.15) is 0 Å². The van der Waals surface area contributed by atoms with Crippen molar-refractivity contribution in [2.24, 2.45) is 0 Å². The van der Waals surface area contributed by atoms with Crippen molar-refractivity contribution in [2.75, 3.05) is 26.9 Å². The van der Waals surface area contributed by atoms with Gasteiger partial charge in [0, 0.05) is 19.7 Å². The molecule has 0 radical (unpaired) electrons. The molecule has 0 unspecified atom stereocenters. The lowest BCUT2D eigenvalue weighted by molar-refractivity contribution is -0.136. The van der Waals surface area contributed by atoms with E-state index in [0.717, 1.165) is 12.8 Å². The summed E-state index contributed by atoms with van der Waals surface area (Å²) in [7, 11) is 1.50. The first kappa shape index (κ1) is 9.48. The van der Waals surface area contributed by atoms with Gasteiger partial charge in [0.15, 0.2) is 0 Å². The molecule has 0 atom stereocenters. The molecule has 1 rings (SSSR count). The van der Waals surface area contributed by atoms with Gasteiger partial charge in [-0.1, -0.05) is 0 Å². The molecule has 0 aromatic rings. The highest BCUT2D eigenvalue weighted by atomic mass is 16.5. The highest BCUT2D eigenvalue weighted by Gasteiger charge is 2.31. The van der Waals surface area contributed by atoms with Crippen LogP contribution in [0.4, 0.5) is 0 Å². The van der Waals surface area contributed by atoms with Crippen molar-refractivity contribution in [3.05, 3.63) is 0 Å². The summed E-state index contributed by atoms with van der Waals surface area (Å²) in [6, 6.07) is 0.361. The van der Waals surface area contributed by atoms with E-state index in [9.17, 15) is 4.79 Å². The molecule has 0 aromatic carbocycles. The fourth-order valence-corrected chi connectivity index (χ4v) is 1.21. The Hall–Kier alpha value is -0.610. The lowest BCUT2D eigenvalue weighted by Crippen LogP contribution is -2.37. The maximum absolute atomic E-state index is 11.3. The van der Waals surface area contributed by atoms with E-state index in [2.05, 4.69) is 0 Å². The van der Waals surface area contributed by atoms with Crippen LogP contribution >= 0.6 is 0 Å². The SMILES string of the molecule is COCC(=O)N(CCO)C1CC1. The molecule has 1 N–H and O–H groups in total. The molecule has 1 aliphatic carbocycles. The highest BCUT2D eigenvalue weighted by Crippen LogP contribution is 2.26. The first-order valence-electron chi connectivity index (χ1n) is 4.19. The number of nitrogens with zero attached hydrogens (tertiary/aromatic N) is 1. The summed E-state index contributed by atoms with van der Waals surface area (Å²) in [5, 5.41) is 8.70. The molecular weight excluding hydrogens is 158 g/mol. The Kier molecular flexibility index (Phi) is 3.49. The average Bonchev–Trinajstić information content (AvgIpc) is 2.83. The molecule has 12 heavy (non-hydrogen) atoms. The Labute approximate surface area is 72.1 Å². The largest absolute Gasteiger partial charge is 0.395 e. The van der Waals surface area contributed by atoms with Gasteiger partial charge in [0.25, 0.3) is 0 Å². The number of rotatable bonds is 5. The molecule has 0 spiro atoms. The molecule has 4 nitrogen and oxygen atoms in total. The standard InChI is InChI=1S/C8H15NO3/c1-12-6-8(11)9(4-5-10)7-2-3-7/h7,10H,2-6H2,1H3. The number of hydrogen-bond donors (Lipinski definition) is 1. The summed E-state index contributed by atoms with van der Waals surface area (Å²) < 4.78 is 4.74. The average molecular weight is 173 g/mol. The maximum atomic E-state index is 11.3. The van der Waals surface area contributed by atoms with Gasteiger partial charge in [-0.3, -0.25) is 4.79 Å². The van der Waals surface area contributed by atoms with Crippen LogP contribution in [-0.4, -0.2) is 48.8 Å². The summed E-state index contributed by atoms with van der Waals surface area (Å²) in [6.45, 7) is 0.593. The summed E-state index contributed by atoms with van der Waals surface area (Å²) >= 11 is 0. The lowest BCUT2D eigenvalue weighted by atomic mass is 10.4. The summed E-state index contributed by atoms with van der Waals surface area (Å²) in [4.78, 5) is 13.0. The Balaban J connectivity index is 2.34. The first-order valence-corrected chi connectivity index (χ1v) is 4.19. The molecule has 0 bridgehead atoms. The molecule has 1 saturated carbocycles. The molecule has 0 aliphatic heterocycles. The zero-order valence-corrected chi connectivity index (χ0v) is 7.32. The number of carbonyl (C=O) groups excluding carboxylic acids is 1. The van der Waals surface area contributed by atoms with Gasteiger partial charge in [0.1, 0.15) is 6.61 Å². The second-order valence-corrected chi connectivity index (χ2v) is 2.97. The second kappa shape index (κ2) is 4.42. The van der Waals surface area contributed by atoms with Crippen LogP contribution in [0.5, 0.6) is 0 Å². The van der Waals surface area contributed by atoms with E-state index in [0.29, 0.717) is 12.6 Å². The summed E-state index contributed by atoms with van der Waals surface area (Å²) in [5.74, 6) is -0.0194. The quantitative estimate of drug-likeness (QED) is 0.616. The van der Waals surface area contributed by atoms with Crippen molar-refractivity contribution in [2.45, 2.75) is 18.9 Å². The highest BCUT2D eigenvalue weighted by molar-refractivity contribution is 5.78. The molecule has 4 heteroatoms. The van der Waals surface area contributed by atoms with Crippen LogP contribution in [0.1, 0.15) is 12.8 Å². The fourth-order valence-electron chi connectivity index (χ4n) is 1.21. The summed E-state index contributed by atoms with van der Waals surface area (Å²) in [6.07, 6.45) is 2.13. The number of ether oxygens (including phenoxy) is 1. The number of aliphatic hydroxyl groups is 1. The number of carbonyl (C=O) groups is 1.